The van der Waals surface area contributed by atoms with Crippen molar-refractivity contribution in [2.24, 2.45) is 11.3 Å². The van der Waals surface area contributed by atoms with E-state index in [0.717, 1.165) is 4.47 Å². The van der Waals surface area contributed by atoms with Crippen LogP contribution in [0, 0.1) is 11.3 Å². The first-order chi connectivity index (χ1) is 9.84. The van der Waals surface area contributed by atoms with E-state index in [4.69, 9.17) is 4.52 Å². The van der Waals surface area contributed by atoms with E-state index in [1.807, 2.05) is 19.9 Å². The highest BCUT2D eigenvalue weighted by Crippen LogP contribution is 2.32. The average molecular weight is 354 g/mol. The summed E-state index contributed by atoms with van der Waals surface area (Å²) in [6.07, 6.45) is 1.81. The second-order valence-corrected chi connectivity index (χ2v) is 6.25. The quantitative estimate of drug-likeness (QED) is 0.887. The van der Waals surface area contributed by atoms with Gasteiger partial charge in [0.05, 0.1) is 5.41 Å². The van der Waals surface area contributed by atoms with E-state index in [-0.39, 0.29) is 12.3 Å². The number of carboxylic acids is 1. The summed E-state index contributed by atoms with van der Waals surface area (Å²) < 4.78 is 5.94. The Morgan fingerprint density at radius 2 is 2.24 bits per heavy atom. The van der Waals surface area contributed by atoms with Crippen LogP contribution in [0.5, 0.6) is 0 Å². The summed E-state index contributed by atoms with van der Waals surface area (Å²) in [5.41, 5.74) is -0.389. The first kappa shape index (κ1) is 15.6. The van der Waals surface area contributed by atoms with Gasteiger partial charge in [-0.05, 0) is 40.9 Å². The molecule has 0 amide bonds. The van der Waals surface area contributed by atoms with E-state index in [2.05, 4.69) is 31.1 Å². The molecular formula is C14H16BrN3O3. The number of hydrogen-bond donors (Lipinski definition) is 1. The number of nitrogens with zero attached hydrogens (tertiary/aromatic N) is 3. The van der Waals surface area contributed by atoms with Crippen molar-refractivity contribution in [3.63, 3.8) is 0 Å². The molecule has 21 heavy (non-hydrogen) atoms. The average Bonchev–Trinajstić information content (AvgIpc) is 2.86. The molecule has 2 heterocycles. The lowest BCUT2D eigenvalue weighted by atomic mass is 9.76. The number of aliphatic carboxylic acids is 1. The Hall–Kier alpha value is -1.76. The van der Waals surface area contributed by atoms with Crippen LogP contribution in [0.3, 0.4) is 0 Å². The van der Waals surface area contributed by atoms with Crippen LogP contribution in [-0.4, -0.2) is 26.2 Å². The Balaban J connectivity index is 2.29. The molecule has 112 valence electrons. The van der Waals surface area contributed by atoms with Crippen molar-refractivity contribution in [3.05, 3.63) is 28.7 Å². The van der Waals surface area contributed by atoms with Gasteiger partial charge in [-0.1, -0.05) is 19.0 Å². The number of hydrogen-bond acceptors (Lipinski definition) is 5. The van der Waals surface area contributed by atoms with E-state index in [0.29, 0.717) is 17.4 Å². The smallest absolute Gasteiger partial charge is 0.310 e. The summed E-state index contributed by atoms with van der Waals surface area (Å²) in [5.74, 6) is -0.307. The van der Waals surface area contributed by atoms with Gasteiger partial charge < -0.3 is 9.63 Å². The molecule has 1 atom stereocenters. The molecule has 0 radical (unpaired) electrons. The molecule has 0 fully saturated rings. The summed E-state index contributed by atoms with van der Waals surface area (Å²) in [4.78, 5) is 19.9. The number of carboxylic acid groups (broad SMARTS) is 1. The standard InChI is InChI=1S/C14H16BrN3O3/c1-8(2)14(3,13(19)20)7-10-17-12(18-21-10)11-9(15)5-4-6-16-11/h4-6,8H,7H2,1-3H3,(H,19,20). The molecule has 0 saturated heterocycles. The van der Waals surface area contributed by atoms with Crippen molar-refractivity contribution >= 4 is 21.9 Å². The molecule has 0 aliphatic heterocycles. The molecule has 6 nitrogen and oxygen atoms in total. The van der Waals surface area contributed by atoms with Crippen LogP contribution >= 0.6 is 15.9 Å². The maximum absolute atomic E-state index is 11.5. The molecule has 0 aliphatic rings. The summed E-state index contributed by atoms with van der Waals surface area (Å²) >= 11 is 3.37. The zero-order chi connectivity index (χ0) is 15.6. The molecule has 7 heteroatoms. The molecule has 0 spiro atoms. The largest absolute Gasteiger partial charge is 0.481 e. The normalized spacial score (nSPS) is 14.1. The molecule has 1 unspecified atom stereocenters. The van der Waals surface area contributed by atoms with E-state index < -0.39 is 11.4 Å². The second kappa shape index (κ2) is 5.93. The maximum atomic E-state index is 11.5. The van der Waals surface area contributed by atoms with Crippen molar-refractivity contribution in [1.29, 1.82) is 0 Å². The van der Waals surface area contributed by atoms with E-state index in [1.54, 1.807) is 19.2 Å². The minimum absolute atomic E-state index is 0.0630. The Morgan fingerprint density at radius 1 is 1.52 bits per heavy atom. The number of pyridine rings is 1. The fourth-order valence-electron chi connectivity index (χ4n) is 1.81. The van der Waals surface area contributed by atoms with Gasteiger partial charge in [-0.25, -0.2) is 0 Å². The van der Waals surface area contributed by atoms with Crippen LogP contribution in [0.1, 0.15) is 26.7 Å². The number of rotatable bonds is 5. The van der Waals surface area contributed by atoms with Crippen molar-refractivity contribution in [2.75, 3.05) is 0 Å². The molecule has 2 rings (SSSR count). The molecule has 0 aliphatic carbocycles. The van der Waals surface area contributed by atoms with Gasteiger partial charge in [-0.3, -0.25) is 9.78 Å². The topological polar surface area (TPSA) is 89.1 Å². The van der Waals surface area contributed by atoms with Crippen LogP contribution in [0.25, 0.3) is 11.5 Å². The lowest BCUT2D eigenvalue weighted by molar-refractivity contribution is -0.150. The third-order valence-electron chi connectivity index (χ3n) is 3.72. The van der Waals surface area contributed by atoms with Gasteiger partial charge in [0.25, 0.3) is 0 Å². The summed E-state index contributed by atoms with van der Waals surface area (Å²) in [6.45, 7) is 5.40. The summed E-state index contributed by atoms with van der Waals surface area (Å²) in [5, 5.41) is 13.3. The van der Waals surface area contributed by atoms with Crippen molar-refractivity contribution in [3.8, 4) is 11.5 Å². The molecule has 1 N–H and O–H groups in total. The third kappa shape index (κ3) is 3.12. The molecule has 0 saturated carbocycles. The van der Waals surface area contributed by atoms with Crippen molar-refractivity contribution < 1.29 is 14.4 Å². The minimum atomic E-state index is -0.953. The zero-order valence-electron chi connectivity index (χ0n) is 12.0. The van der Waals surface area contributed by atoms with Gasteiger partial charge in [0.15, 0.2) is 0 Å². The molecule has 0 aromatic carbocycles. The highest BCUT2D eigenvalue weighted by Gasteiger charge is 2.38. The Labute approximate surface area is 130 Å². The van der Waals surface area contributed by atoms with E-state index in [1.165, 1.54) is 0 Å². The minimum Gasteiger partial charge on any atom is -0.481 e. The van der Waals surface area contributed by atoms with Gasteiger partial charge in [0, 0.05) is 17.1 Å². The van der Waals surface area contributed by atoms with Gasteiger partial charge in [0.2, 0.25) is 11.7 Å². The maximum Gasteiger partial charge on any atom is 0.310 e. The highest BCUT2D eigenvalue weighted by atomic mass is 79.9. The monoisotopic (exact) mass is 353 g/mol. The third-order valence-corrected chi connectivity index (χ3v) is 4.36. The van der Waals surface area contributed by atoms with Crippen LogP contribution in [0.2, 0.25) is 0 Å². The summed E-state index contributed by atoms with van der Waals surface area (Å²) in [6, 6.07) is 3.61. The molecular weight excluding hydrogens is 338 g/mol. The predicted molar refractivity (Wildman–Crippen MR) is 79.5 cm³/mol. The zero-order valence-corrected chi connectivity index (χ0v) is 13.6. The molecule has 2 aromatic rings. The first-order valence-electron chi connectivity index (χ1n) is 6.51. The van der Waals surface area contributed by atoms with E-state index in [9.17, 15) is 9.90 Å². The lowest BCUT2D eigenvalue weighted by Gasteiger charge is -2.27. The van der Waals surface area contributed by atoms with Crippen molar-refractivity contribution in [2.45, 2.75) is 27.2 Å². The SMILES string of the molecule is CC(C)C(C)(Cc1nc(-c2ncccc2Br)no1)C(=O)O. The second-order valence-electron chi connectivity index (χ2n) is 5.40. The summed E-state index contributed by atoms with van der Waals surface area (Å²) in [7, 11) is 0. The number of carbonyl (C=O) groups is 1. The Morgan fingerprint density at radius 3 is 2.81 bits per heavy atom. The Bertz CT molecular complexity index is 656. The van der Waals surface area contributed by atoms with Crippen LogP contribution in [0.15, 0.2) is 27.3 Å². The number of halogens is 1. The van der Waals surface area contributed by atoms with Gasteiger partial charge in [-0.15, -0.1) is 0 Å². The van der Waals surface area contributed by atoms with Crippen LogP contribution in [-0.2, 0) is 11.2 Å². The van der Waals surface area contributed by atoms with Gasteiger partial charge in [-0.2, -0.15) is 4.98 Å². The van der Waals surface area contributed by atoms with Gasteiger partial charge >= 0.3 is 5.97 Å². The predicted octanol–water partition coefficient (Wildman–Crippen LogP) is 3.18. The fourth-order valence-corrected chi connectivity index (χ4v) is 2.25. The lowest BCUT2D eigenvalue weighted by Crippen LogP contribution is -2.35. The van der Waals surface area contributed by atoms with Gasteiger partial charge in [0.1, 0.15) is 5.69 Å². The first-order valence-corrected chi connectivity index (χ1v) is 7.30. The Kier molecular flexibility index (Phi) is 4.41. The highest BCUT2D eigenvalue weighted by molar-refractivity contribution is 9.10. The van der Waals surface area contributed by atoms with Crippen LogP contribution in [0.4, 0.5) is 0 Å². The fraction of sp³-hybridized carbons (Fsp3) is 0.429. The number of aromatic nitrogens is 3. The van der Waals surface area contributed by atoms with Crippen molar-refractivity contribution in [1.82, 2.24) is 15.1 Å². The molecule has 2 aromatic heterocycles. The van der Waals surface area contributed by atoms with E-state index >= 15 is 0 Å². The molecule has 0 bridgehead atoms. The van der Waals surface area contributed by atoms with Crippen LogP contribution < -0.4 is 0 Å².